The van der Waals surface area contributed by atoms with E-state index in [0.29, 0.717) is 17.7 Å². The van der Waals surface area contributed by atoms with Gasteiger partial charge in [0.05, 0.1) is 4.47 Å². The first-order chi connectivity index (χ1) is 10.0. The largest absolute Gasteiger partial charge is 0.488 e. The average Bonchev–Trinajstić information content (AvgIpc) is 2.45. The number of hydrogen-bond acceptors (Lipinski definition) is 2. The van der Waals surface area contributed by atoms with E-state index in [4.69, 9.17) is 16.3 Å². The van der Waals surface area contributed by atoms with Crippen molar-refractivity contribution in [2.45, 2.75) is 33.0 Å². The molecule has 0 bridgehead atoms. The van der Waals surface area contributed by atoms with Crippen LogP contribution in [-0.4, -0.2) is 6.04 Å². The molecule has 0 aromatic heterocycles. The fourth-order valence-electron chi connectivity index (χ4n) is 1.90. The summed E-state index contributed by atoms with van der Waals surface area (Å²) in [6.07, 6.45) is 0. The molecule has 2 rings (SSSR count). The molecule has 0 fully saturated rings. The summed E-state index contributed by atoms with van der Waals surface area (Å²) in [6.45, 7) is 5.70. The Morgan fingerprint density at radius 2 is 1.90 bits per heavy atom. The molecule has 0 radical (unpaired) electrons. The van der Waals surface area contributed by atoms with Crippen molar-refractivity contribution in [1.82, 2.24) is 5.32 Å². The van der Waals surface area contributed by atoms with E-state index in [9.17, 15) is 0 Å². The van der Waals surface area contributed by atoms with Crippen molar-refractivity contribution >= 4 is 27.5 Å². The van der Waals surface area contributed by atoms with Gasteiger partial charge in [0, 0.05) is 17.6 Å². The van der Waals surface area contributed by atoms with Gasteiger partial charge in [0.1, 0.15) is 12.4 Å². The lowest BCUT2D eigenvalue weighted by molar-refractivity contribution is 0.304. The van der Waals surface area contributed by atoms with Crippen molar-refractivity contribution in [3.05, 3.63) is 63.1 Å². The summed E-state index contributed by atoms with van der Waals surface area (Å²) in [5, 5.41) is 4.11. The molecule has 0 saturated carbocycles. The molecular formula is C17H19BrClNO. The highest BCUT2D eigenvalue weighted by molar-refractivity contribution is 9.10. The molecule has 0 unspecified atom stereocenters. The van der Waals surface area contributed by atoms with Crippen LogP contribution in [-0.2, 0) is 13.2 Å². The molecular weight excluding hydrogens is 350 g/mol. The summed E-state index contributed by atoms with van der Waals surface area (Å²) >= 11 is 9.38. The predicted octanol–water partition coefficient (Wildman–Crippen LogP) is 5.18. The van der Waals surface area contributed by atoms with E-state index in [1.54, 1.807) is 0 Å². The summed E-state index contributed by atoms with van der Waals surface area (Å²) in [5.74, 6) is 0.796. The zero-order chi connectivity index (χ0) is 15.2. The van der Waals surface area contributed by atoms with Gasteiger partial charge in [-0.25, -0.2) is 0 Å². The van der Waals surface area contributed by atoms with Gasteiger partial charge in [0.15, 0.2) is 0 Å². The van der Waals surface area contributed by atoms with E-state index >= 15 is 0 Å². The molecule has 1 N–H and O–H groups in total. The maximum Gasteiger partial charge on any atom is 0.134 e. The summed E-state index contributed by atoms with van der Waals surface area (Å²) in [4.78, 5) is 0. The maximum atomic E-state index is 5.92. The molecule has 0 aliphatic heterocycles. The van der Waals surface area contributed by atoms with Gasteiger partial charge in [-0.05, 0) is 45.3 Å². The molecule has 2 aromatic rings. The smallest absolute Gasteiger partial charge is 0.134 e. The Hall–Kier alpha value is -1.03. The minimum Gasteiger partial charge on any atom is -0.488 e. The van der Waals surface area contributed by atoms with Gasteiger partial charge < -0.3 is 10.1 Å². The highest BCUT2D eigenvalue weighted by Gasteiger charge is 2.03. The zero-order valence-electron chi connectivity index (χ0n) is 12.2. The fourth-order valence-corrected chi connectivity index (χ4v) is 2.70. The second-order valence-electron chi connectivity index (χ2n) is 5.22. The molecule has 0 aliphatic rings. The van der Waals surface area contributed by atoms with E-state index < -0.39 is 0 Å². The Kier molecular flexibility index (Phi) is 6.09. The molecule has 2 aromatic carbocycles. The van der Waals surface area contributed by atoms with Crippen LogP contribution in [0.5, 0.6) is 5.75 Å². The van der Waals surface area contributed by atoms with E-state index in [2.05, 4.69) is 59.4 Å². The monoisotopic (exact) mass is 367 g/mol. The highest BCUT2D eigenvalue weighted by Crippen LogP contribution is 2.28. The Morgan fingerprint density at radius 3 is 2.62 bits per heavy atom. The Morgan fingerprint density at radius 1 is 1.14 bits per heavy atom. The first-order valence-electron chi connectivity index (χ1n) is 6.93. The minimum absolute atomic E-state index is 0.481. The molecule has 21 heavy (non-hydrogen) atoms. The third kappa shape index (κ3) is 5.34. The molecule has 4 heteroatoms. The fraction of sp³-hybridized carbons (Fsp3) is 0.294. The number of nitrogens with one attached hydrogen (secondary N) is 1. The molecule has 0 atom stereocenters. The molecule has 2 nitrogen and oxygen atoms in total. The predicted molar refractivity (Wildman–Crippen MR) is 91.9 cm³/mol. The van der Waals surface area contributed by atoms with E-state index in [-0.39, 0.29) is 0 Å². The molecule has 0 saturated heterocycles. The van der Waals surface area contributed by atoms with E-state index in [1.807, 2.05) is 18.2 Å². The van der Waals surface area contributed by atoms with Crippen molar-refractivity contribution in [3.63, 3.8) is 0 Å². The molecule has 0 amide bonds. The van der Waals surface area contributed by atoms with Crippen molar-refractivity contribution < 1.29 is 4.74 Å². The number of hydrogen-bond donors (Lipinski definition) is 1. The maximum absolute atomic E-state index is 5.92. The van der Waals surface area contributed by atoms with Gasteiger partial charge in [-0.2, -0.15) is 0 Å². The number of benzene rings is 2. The third-order valence-corrected chi connectivity index (χ3v) is 3.85. The van der Waals surface area contributed by atoms with Crippen molar-refractivity contribution in [1.29, 1.82) is 0 Å². The molecule has 0 heterocycles. The van der Waals surface area contributed by atoms with Gasteiger partial charge in [0.2, 0.25) is 0 Å². The number of ether oxygens (including phenoxy) is 1. The Bertz CT molecular complexity index is 601. The van der Waals surface area contributed by atoms with Gasteiger partial charge in [-0.15, -0.1) is 0 Å². The lowest BCUT2D eigenvalue weighted by atomic mass is 10.1. The van der Waals surface area contributed by atoms with Crippen LogP contribution in [0.3, 0.4) is 0 Å². The third-order valence-electron chi connectivity index (χ3n) is 2.99. The number of halogens is 2. The summed E-state index contributed by atoms with van der Waals surface area (Å²) in [7, 11) is 0. The van der Waals surface area contributed by atoms with Crippen molar-refractivity contribution in [2.24, 2.45) is 0 Å². The van der Waals surface area contributed by atoms with Gasteiger partial charge in [-0.3, -0.25) is 0 Å². The van der Waals surface area contributed by atoms with Crippen molar-refractivity contribution in [3.8, 4) is 5.75 Å². The second kappa shape index (κ2) is 7.83. The summed E-state index contributed by atoms with van der Waals surface area (Å²) in [6, 6.07) is 14.4. The van der Waals surface area contributed by atoms with Crippen molar-refractivity contribution in [2.75, 3.05) is 0 Å². The lowest BCUT2D eigenvalue weighted by Crippen LogP contribution is -2.21. The van der Waals surface area contributed by atoms with E-state index in [0.717, 1.165) is 22.3 Å². The molecule has 0 spiro atoms. The molecule has 112 valence electrons. The average molecular weight is 369 g/mol. The SMILES string of the molecule is CC(C)NCc1cccc(COc2ccc(Cl)cc2Br)c1. The summed E-state index contributed by atoms with van der Waals surface area (Å²) in [5.41, 5.74) is 2.42. The van der Waals surface area contributed by atoms with Crippen LogP contribution < -0.4 is 10.1 Å². The van der Waals surface area contributed by atoms with Gasteiger partial charge >= 0.3 is 0 Å². The van der Waals surface area contributed by atoms with Crippen LogP contribution in [0.25, 0.3) is 0 Å². The van der Waals surface area contributed by atoms with Crippen LogP contribution in [0.1, 0.15) is 25.0 Å². The molecule has 0 aliphatic carbocycles. The van der Waals surface area contributed by atoms with Crippen LogP contribution >= 0.6 is 27.5 Å². The quantitative estimate of drug-likeness (QED) is 0.758. The van der Waals surface area contributed by atoms with Crippen LogP contribution in [0, 0.1) is 0 Å². The first kappa shape index (κ1) is 16.3. The van der Waals surface area contributed by atoms with Gasteiger partial charge in [-0.1, -0.05) is 49.7 Å². The Balaban J connectivity index is 1.98. The van der Waals surface area contributed by atoms with Crippen LogP contribution in [0.4, 0.5) is 0 Å². The first-order valence-corrected chi connectivity index (χ1v) is 8.11. The minimum atomic E-state index is 0.481. The topological polar surface area (TPSA) is 21.3 Å². The van der Waals surface area contributed by atoms with Crippen LogP contribution in [0.2, 0.25) is 5.02 Å². The number of rotatable bonds is 6. The lowest BCUT2D eigenvalue weighted by Gasteiger charge is -2.11. The Labute approximate surface area is 139 Å². The highest BCUT2D eigenvalue weighted by atomic mass is 79.9. The zero-order valence-corrected chi connectivity index (χ0v) is 14.5. The van der Waals surface area contributed by atoms with E-state index in [1.165, 1.54) is 5.56 Å². The summed E-state index contributed by atoms with van der Waals surface area (Å²) < 4.78 is 6.70. The van der Waals surface area contributed by atoms with Gasteiger partial charge in [0.25, 0.3) is 0 Å². The normalized spacial score (nSPS) is 10.9. The second-order valence-corrected chi connectivity index (χ2v) is 6.51. The standard InChI is InChI=1S/C17H19BrClNO/c1-12(2)20-10-13-4-3-5-14(8-13)11-21-17-7-6-15(19)9-16(17)18/h3-9,12,20H,10-11H2,1-2H3. The van der Waals surface area contributed by atoms with Crippen LogP contribution in [0.15, 0.2) is 46.9 Å².